The molecule has 0 amide bonds. The maximum absolute atomic E-state index is 11.3. The van der Waals surface area contributed by atoms with Gasteiger partial charge in [-0.2, -0.15) is 4.98 Å². The monoisotopic (exact) mass is 267 g/mol. The summed E-state index contributed by atoms with van der Waals surface area (Å²) >= 11 is 3.38. The fourth-order valence-electron chi connectivity index (χ4n) is 1.51. The molecule has 0 aliphatic heterocycles. The van der Waals surface area contributed by atoms with Crippen LogP contribution in [0.1, 0.15) is 5.69 Å². The zero-order valence-electron chi connectivity index (χ0n) is 8.17. The fourth-order valence-corrected chi connectivity index (χ4v) is 1.97. The minimum Gasteiger partial charge on any atom is -0.314 e. The number of nitrogens with one attached hydrogen (secondary N) is 2. The Morgan fingerprint density at radius 3 is 3.07 bits per heavy atom. The van der Waals surface area contributed by atoms with Gasteiger partial charge < -0.3 is 10.3 Å². The van der Waals surface area contributed by atoms with E-state index in [1.165, 1.54) is 0 Å². The Balaban J connectivity index is 2.80. The van der Waals surface area contributed by atoms with Crippen LogP contribution >= 0.6 is 15.9 Å². The van der Waals surface area contributed by atoms with Gasteiger partial charge in [0.2, 0.25) is 0 Å². The number of benzene rings is 1. The molecule has 1 heterocycles. The van der Waals surface area contributed by atoms with Gasteiger partial charge in [0.05, 0.1) is 5.52 Å². The van der Waals surface area contributed by atoms with Crippen LogP contribution in [-0.4, -0.2) is 17.0 Å². The third kappa shape index (κ3) is 1.93. The molecule has 0 spiro atoms. The predicted molar refractivity (Wildman–Crippen MR) is 62.8 cm³/mol. The highest BCUT2D eigenvalue weighted by Crippen LogP contribution is 2.21. The van der Waals surface area contributed by atoms with Gasteiger partial charge in [0.15, 0.2) is 0 Å². The summed E-state index contributed by atoms with van der Waals surface area (Å²) in [4.78, 5) is 18.0. The first kappa shape index (κ1) is 10.3. The fraction of sp³-hybridized carbons (Fsp3) is 0.200. The summed E-state index contributed by atoms with van der Waals surface area (Å²) in [5, 5.41) is 3.97. The van der Waals surface area contributed by atoms with Crippen LogP contribution in [0, 0.1) is 0 Å². The van der Waals surface area contributed by atoms with E-state index < -0.39 is 0 Å². The maximum atomic E-state index is 11.3. The second kappa shape index (κ2) is 4.12. The van der Waals surface area contributed by atoms with E-state index in [1.807, 2.05) is 25.2 Å². The molecule has 1 aromatic heterocycles. The van der Waals surface area contributed by atoms with Gasteiger partial charge in [-0.15, -0.1) is 0 Å². The van der Waals surface area contributed by atoms with Gasteiger partial charge >= 0.3 is 5.69 Å². The van der Waals surface area contributed by atoms with E-state index in [1.54, 1.807) is 0 Å². The summed E-state index contributed by atoms with van der Waals surface area (Å²) in [6.45, 7) is 0.616. The van der Waals surface area contributed by atoms with Gasteiger partial charge in [0.1, 0.15) is 0 Å². The largest absolute Gasteiger partial charge is 0.345 e. The van der Waals surface area contributed by atoms with Crippen LogP contribution in [-0.2, 0) is 6.54 Å². The Labute approximate surface area is 94.9 Å². The number of aromatic nitrogens is 2. The molecular weight excluding hydrogens is 258 g/mol. The number of para-hydroxylation sites is 1. The molecule has 2 rings (SSSR count). The van der Waals surface area contributed by atoms with E-state index in [-0.39, 0.29) is 5.69 Å². The highest BCUT2D eigenvalue weighted by Gasteiger charge is 2.05. The van der Waals surface area contributed by atoms with Crippen LogP contribution in [0.5, 0.6) is 0 Å². The van der Waals surface area contributed by atoms with Gasteiger partial charge in [0, 0.05) is 22.1 Å². The lowest BCUT2D eigenvalue weighted by Gasteiger charge is -2.05. The molecule has 0 bridgehead atoms. The van der Waals surface area contributed by atoms with E-state index in [0.29, 0.717) is 12.1 Å². The van der Waals surface area contributed by atoms with Crippen LogP contribution in [0.3, 0.4) is 0 Å². The Morgan fingerprint density at radius 1 is 1.53 bits per heavy atom. The molecule has 0 aliphatic carbocycles. The van der Waals surface area contributed by atoms with Crippen LogP contribution in [0.25, 0.3) is 10.9 Å². The molecule has 4 nitrogen and oxygen atoms in total. The maximum Gasteiger partial charge on any atom is 0.345 e. The minimum absolute atomic E-state index is 0.320. The molecule has 15 heavy (non-hydrogen) atoms. The molecular formula is C10H10BrN3O. The molecule has 0 unspecified atom stereocenters. The summed E-state index contributed by atoms with van der Waals surface area (Å²) in [7, 11) is 1.84. The van der Waals surface area contributed by atoms with E-state index in [4.69, 9.17) is 0 Å². The topological polar surface area (TPSA) is 57.8 Å². The lowest BCUT2D eigenvalue weighted by molar-refractivity contribution is 0.789. The molecule has 0 fully saturated rings. The SMILES string of the molecule is CNCc1[nH]c(=O)nc2c(Br)cccc12. The van der Waals surface area contributed by atoms with Crippen molar-refractivity contribution >= 4 is 26.8 Å². The number of nitrogens with zero attached hydrogens (tertiary/aromatic N) is 1. The van der Waals surface area contributed by atoms with E-state index in [2.05, 4.69) is 31.2 Å². The number of aromatic amines is 1. The van der Waals surface area contributed by atoms with Crippen molar-refractivity contribution in [3.63, 3.8) is 0 Å². The molecule has 2 N–H and O–H groups in total. The van der Waals surface area contributed by atoms with Crippen molar-refractivity contribution < 1.29 is 0 Å². The number of hydrogen-bond acceptors (Lipinski definition) is 3. The van der Waals surface area contributed by atoms with E-state index >= 15 is 0 Å². The Bertz CT molecular complexity index is 550. The van der Waals surface area contributed by atoms with E-state index in [0.717, 1.165) is 15.6 Å². The second-order valence-electron chi connectivity index (χ2n) is 3.19. The lowest BCUT2D eigenvalue weighted by atomic mass is 10.2. The first-order chi connectivity index (χ1) is 7.22. The summed E-state index contributed by atoms with van der Waals surface area (Å²) in [5.74, 6) is 0. The van der Waals surface area contributed by atoms with Gasteiger partial charge in [-0.1, -0.05) is 12.1 Å². The van der Waals surface area contributed by atoms with Gasteiger partial charge in [-0.05, 0) is 29.0 Å². The predicted octanol–water partition coefficient (Wildman–Crippen LogP) is 1.41. The van der Waals surface area contributed by atoms with Crippen molar-refractivity contribution in [3.8, 4) is 0 Å². The smallest absolute Gasteiger partial charge is 0.314 e. The standard InChI is InChI=1S/C10H10BrN3O/c1-12-5-8-6-3-2-4-7(11)9(6)14-10(15)13-8/h2-4,12H,5H2,1H3,(H,13,14,15). The quantitative estimate of drug-likeness (QED) is 0.865. The highest BCUT2D eigenvalue weighted by molar-refractivity contribution is 9.10. The Hall–Kier alpha value is -1.20. The second-order valence-corrected chi connectivity index (χ2v) is 4.04. The molecule has 5 heteroatoms. The molecule has 0 radical (unpaired) electrons. The third-order valence-electron chi connectivity index (χ3n) is 2.14. The molecule has 2 aromatic rings. The number of halogens is 1. The number of hydrogen-bond donors (Lipinski definition) is 2. The normalized spacial score (nSPS) is 10.8. The lowest BCUT2D eigenvalue weighted by Crippen LogP contribution is -2.17. The molecule has 0 saturated heterocycles. The summed E-state index contributed by atoms with van der Waals surface area (Å²) in [5.41, 5.74) is 1.24. The Kier molecular flexibility index (Phi) is 2.83. The van der Waals surface area contributed by atoms with Crippen LogP contribution < -0.4 is 11.0 Å². The molecule has 0 saturated carbocycles. The average Bonchev–Trinajstić information content (AvgIpc) is 2.20. The van der Waals surface area contributed by atoms with Gasteiger partial charge in [0.25, 0.3) is 0 Å². The van der Waals surface area contributed by atoms with Crippen LogP contribution in [0.2, 0.25) is 0 Å². The average molecular weight is 268 g/mol. The van der Waals surface area contributed by atoms with Crippen molar-refractivity contribution in [2.75, 3.05) is 7.05 Å². The summed E-state index contributed by atoms with van der Waals surface area (Å²) in [6.07, 6.45) is 0. The molecule has 1 aromatic carbocycles. The third-order valence-corrected chi connectivity index (χ3v) is 2.78. The first-order valence-corrected chi connectivity index (χ1v) is 5.33. The summed E-state index contributed by atoms with van der Waals surface area (Å²) in [6, 6.07) is 5.74. The minimum atomic E-state index is -0.320. The number of fused-ring (bicyclic) bond motifs is 1. The zero-order valence-corrected chi connectivity index (χ0v) is 9.76. The molecule has 78 valence electrons. The van der Waals surface area contributed by atoms with Crippen LogP contribution in [0.15, 0.2) is 27.5 Å². The van der Waals surface area contributed by atoms with Crippen molar-refractivity contribution in [1.29, 1.82) is 0 Å². The molecule has 0 aliphatic rings. The van der Waals surface area contributed by atoms with E-state index in [9.17, 15) is 4.79 Å². The van der Waals surface area contributed by atoms with Gasteiger partial charge in [-0.25, -0.2) is 4.79 Å². The van der Waals surface area contributed by atoms with Crippen molar-refractivity contribution in [2.24, 2.45) is 0 Å². The first-order valence-electron chi connectivity index (χ1n) is 4.54. The summed E-state index contributed by atoms with van der Waals surface area (Å²) < 4.78 is 0.837. The van der Waals surface area contributed by atoms with Crippen LogP contribution in [0.4, 0.5) is 0 Å². The van der Waals surface area contributed by atoms with Crippen molar-refractivity contribution in [3.05, 3.63) is 38.9 Å². The Morgan fingerprint density at radius 2 is 2.33 bits per heavy atom. The van der Waals surface area contributed by atoms with Crippen molar-refractivity contribution in [2.45, 2.75) is 6.54 Å². The van der Waals surface area contributed by atoms with Gasteiger partial charge in [-0.3, -0.25) is 0 Å². The zero-order chi connectivity index (χ0) is 10.8. The van der Waals surface area contributed by atoms with Crippen molar-refractivity contribution in [1.82, 2.24) is 15.3 Å². The number of H-pyrrole nitrogens is 1. The number of rotatable bonds is 2. The molecule has 0 atom stereocenters. The highest BCUT2D eigenvalue weighted by atomic mass is 79.9.